The molecule has 4 nitrogen and oxygen atoms in total. The SMILES string of the molecule is Cc1ccc(OC(N)(N)N)c(C)c1. The fourth-order valence-corrected chi connectivity index (χ4v) is 1.10. The molecule has 0 heterocycles. The summed E-state index contributed by atoms with van der Waals surface area (Å²) in [7, 11) is 0. The Kier molecular flexibility index (Phi) is 2.56. The third-order valence-electron chi connectivity index (χ3n) is 1.62. The molecule has 1 aromatic carbocycles. The van der Waals surface area contributed by atoms with E-state index < -0.39 is 5.97 Å². The van der Waals surface area contributed by atoms with Crippen molar-refractivity contribution in [1.29, 1.82) is 0 Å². The van der Waals surface area contributed by atoms with Crippen molar-refractivity contribution in [2.24, 2.45) is 17.2 Å². The fourth-order valence-electron chi connectivity index (χ4n) is 1.10. The molecule has 0 aliphatic rings. The van der Waals surface area contributed by atoms with E-state index in [9.17, 15) is 0 Å². The van der Waals surface area contributed by atoms with Gasteiger partial charge in [0.2, 0.25) is 0 Å². The van der Waals surface area contributed by atoms with Crippen molar-refractivity contribution in [1.82, 2.24) is 0 Å². The largest absolute Gasteiger partial charge is 0.447 e. The second-order valence-electron chi connectivity index (χ2n) is 3.22. The fraction of sp³-hybridized carbons (Fsp3) is 0.333. The Morgan fingerprint density at radius 1 is 1.15 bits per heavy atom. The van der Waals surface area contributed by atoms with Gasteiger partial charge in [0.25, 0.3) is 5.97 Å². The maximum atomic E-state index is 5.31. The van der Waals surface area contributed by atoms with Crippen molar-refractivity contribution in [3.8, 4) is 5.75 Å². The summed E-state index contributed by atoms with van der Waals surface area (Å²) in [5, 5.41) is 0. The van der Waals surface area contributed by atoms with Crippen LogP contribution in [0.5, 0.6) is 5.75 Å². The Labute approximate surface area is 77.7 Å². The van der Waals surface area contributed by atoms with Gasteiger partial charge in [-0.2, -0.15) is 0 Å². The summed E-state index contributed by atoms with van der Waals surface area (Å²) >= 11 is 0. The smallest absolute Gasteiger partial charge is 0.271 e. The molecule has 0 spiro atoms. The standard InChI is InChI=1S/C9H15N3O/c1-6-3-4-8(7(2)5-6)13-9(10,11)12/h3-5H,10-12H2,1-2H3. The van der Waals surface area contributed by atoms with Crippen LogP contribution >= 0.6 is 0 Å². The molecule has 1 rings (SSSR count). The van der Waals surface area contributed by atoms with Crippen molar-refractivity contribution < 1.29 is 4.74 Å². The van der Waals surface area contributed by atoms with Gasteiger partial charge < -0.3 is 4.74 Å². The second-order valence-corrected chi connectivity index (χ2v) is 3.22. The Hall–Kier alpha value is -1.10. The predicted octanol–water partition coefficient (Wildman–Crippen LogP) is 0.170. The van der Waals surface area contributed by atoms with E-state index in [1.54, 1.807) is 6.07 Å². The van der Waals surface area contributed by atoms with E-state index in [1.807, 2.05) is 26.0 Å². The highest BCUT2D eigenvalue weighted by atomic mass is 16.5. The van der Waals surface area contributed by atoms with Crippen molar-refractivity contribution in [2.75, 3.05) is 0 Å². The lowest BCUT2D eigenvalue weighted by Gasteiger charge is -2.21. The molecule has 13 heavy (non-hydrogen) atoms. The first-order chi connectivity index (χ1) is 5.88. The van der Waals surface area contributed by atoms with Gasteiger partial charge in [-0.25, -0.2) is 0 Å². The van der Waals surface area contributed by atoms with E-state index in [1.165, 1.54) is 0 Å². The minimum absolute atomic E-state index is 0.609. The van der Waals surface area contributed by atoms with E-state index >= 15 is 0 Å². The quantitative estimate of drug-likeness (QED) is 0.567. The van der Waals surface area contributed by atoms with Gasteiger partial charge in [0.05, 0.1) is 0 Å². The first kappa shape index (κ1) is 9.98. The van der Waals surface area contributed by atoms with E-state index in [2.05, 4.69) is 0 Å². The number of rotatable bonds is 2. The van der Waals surface area contributed by atoms with Crippen LogP contribution in [0.1, 0.15) is 11.1 Å². The lowest BCUT2D eigenvalue weighted by atomic mass is 10.1. The first-order valence-electron chi connectivity index (χ1n) is 4.01. The van der Waals surface area contributed by atoms with Crippen LogP contribution in [0.15, 0.2) is 18.2 Å². The lowest BCUT2D eigenvalue weighted by molar-refractivity contribution is 0.0892. The number of hydrogen-bond donors (Lipinski definition) is 3. The van der Waals surface area contributed by atoms with Crippen LogP contribution in [0.3, 0.4) is 0 Å². The van der Waals surface area contributed by atoms with E-state index in [4.69, 9.17) is 21.9 Å². The zero-order valence-electron chi connectivity index (χ0n) is 7.87. The minimum atomic E-state index is -1.61. The number of benzene rings is 1. The van der Waals surface area contributed by atoms with E-state index in [0.29, 0.717) is 5.75 Å². The monoisotopic (exact) mass is 181 g/mol. The predicted molar refractivity (Wildman–Crippen MR) is 51.8 cm³/mol. The maximum absolute atomic E-state index is 5.31. The Balaban J connectivity index is 2.90. The van der Waals surface area contributed by atoms with Gasteiger partial charge in [-0.1, -0.05) is 17.7 Å². The van der Waals surface area contributed by atoms with Crippen LogP contribution in [0.4, 0.5) is 0 Å². The highest BCUT2D eigenvalue weighted by Crippen LogP contribution is 2.19. The van der Waals surface area contributed by atoms with Crippen molar-refractivity contribution >= 4 is 0 Å². The van der Waals surface area contributed by atoms with Gasteiger partial charge in [0.15, 0.2) is 0 Å². The average molecular weight is 181 g/mol. The zero-order chi connectivity index (χ0) is 10.1. The molecule has 0 aromatic heterocycles. The Morgan fingerprint density at radius 2 is 1.77 bits per heavy atom. The van der Waals surface area contributed by atoms with Gasteiger partial charge in [-0.05, 0) is 25.5 Å². The van der Waals surface area contributed by atoms with E-state index in [0.717, 1.165) is 11.1 Å². The average Bonchev–Trinajstić information content (AvgIpc) is 1.93. The summed E-state index contributed by atoms with van der Waals surface area (Å²) in [5.41, 5.74) is 18.0. The summed E-state index contributed by atoms with van der Waals surface area (Å²) < 4.78 is 5.12. The normalized spacial score (nSPS) is 11.5. The van der Waals surface area contributed by atoms with E-state index in [-0.39, 0.29) is 0 Å². The molecule has 0 aliphatic heterocycles. The molecule has 1 aromatic rings. The molecule has 4 heteroatoms. The summed E-state index contributed by atoms with van der Waals surface area (Å²) in [6.45, 7) is 3.91. The molecular formula is C9H15N3O. The molecular weight excluding hydrogens is 166 g/mol. The Bertz CT molecular complexity index is 304. The Morgan fingerprint density at radius 3 is 2.23 bits per heavy atom. The molecule has 0 amide bonds. The number of nitrogens with two attached hydrogens (primary N) is 3. The van der Waals surface area contributed by atoms with Crippen LogP contribution in [0.25, 0.3) is 0 Å². The summed E-state index contributed by atoms with van der Waals surface area (Å²) in [4.78, 5) is 0. The van der Waals surface area contributed by atoms with Crippen molar-refractivity contribution in [3.63, 3.8) is 0 Å². The third kappa shape index (κ3) is 3.02. The number of ether oxygens (including phenoxy) is 1. The molecule has 6 N–H and O–H groups in total. The van der Waals surface area contributed by atoms with Crippen LogP contribution < -0.4 is 21.9 Å². The molecule has 72 valence electrons. The van der Waals surface area contributed by atoms with Crippen LogP contribution in [0, 0.1) is 13.8 Å². The van der Waals surface area contributed by atoms with Crippen LogP contribution in [0.2, 0.25) is 0 Å². The minimum Gasteiger partial charge on any atom is -0.447 e. The van der Waals surface area contributed by atoms with Gasteiger partial charge >= 0.3 is 0 Å². The highest BCUT2D eigenvalue weighted by Gasteiger charge is 2.14. The maximum Gasteiger partial charge on any atom is 0.271 e. The van der Waals surface area contributed by atoms with Crippen molar-refractivity contribution in [2.45, 2.75) is 19.8 Å². The summed E-state index contributed by atoms with van der Waals surface area (Å²) in [6.07, 6.45) is 0. The molecule has 0 saturated heterocycles. The summed E-state index contributed by atoms with van der Waals surface area (Å²) in [6, 6.07) is 5.68. The molecule has 0 radical (unpaired) electrons. The van der Waals surface area contributed by atoms with Gasteiger partial charge in [-0.15, -0.1) is 0 Å². The number of hydrogen-bond acceptors (Lipinski definition) is 4. The van der Waals surface area contributed by atoms with Crippen LogP contribution in [-0.4, -0.2) is 5.97 Å². The van der Waals surface area contributed by atoms with Crippen LogP contribution in [-0.2, 0) is 0 Å². The third-order valence-corrected chi connectivity index (χ3v) is 1.62. The van der Waals surface area contributed by atoms with Gasteiger partial charge in [0, 0.05) is 0 Å². The first-order valence-corrected chi connectivity index (χ1v) is 4.01. The van der Waals surface area contributed by atoms with Gasteiger partial charge in [0.1, 0.15) is 5.75 Å². The highest BCUT2D eigenvalue weighted by molar-refractivity contribution is 5.35. The lowest BCUT2D eigenvalue weighted by Crippen LogP contribution is -2.62. The molecule has 0 aliphatic carbocycles. The second kappa shape index (κ2) is 3.33. The molecule has 0 bridgehead atoms. The number of aryl methyl sites for hydroxylation is 2. The molecule has 0 saturated carbocycles. The van der Waals surface area contributed by atoms with Gasteiger partial charge in [-0.3, -0.25) is 17.2 Å². The van der Waals surface area contributed by atoms with Crippen molar-refractivity contribution in [3.05, 3.63) is 29.3 Å². The topological polar surface area (TPSA) is 87.3 Å². The molecule has 0 fully saturated rings. The molecule has 0 atom stereocenters. The molecule has 0 unspecified atom stereocenters. The zero-order valence-corrected chi connectivity index (χ0v) is 7.87. The summed E-state index contributed by atoms with van der Waals surface area (Å²) in [5.74, 6) is -1.00.